The van der Waals surface area contributed by atoms with E-state index in [1.54, 1.807) is 49.9 Å². The number of nitrogens with two attached hydrogens (primary N) is 2. The largest absolute Gasteiger partial charge is 0.490 e. The third-order valence-electron chi connectivity index (χ3n) is 21.2. The van der Waals surface area contributed by atoms with Gasteiger partial charge in [0.15, 0.2) is 39.2 Å². The first-order chi connectivity index (χ1) is 56.2. The van der Waals surface area contributed by atoms with E-state index in [1.165, 1.54) is 103 Å². The maximum absolute atomic E-state index is 12.8. The molecule has 27 nitrogen and oxygen atoms in total. The van der Waals surface area contributed by atoms with E-state index in [4.69, 9.17) is 142 Å². The van der Waals surface area contributed by atoms with Crippen LogP contribution in [0, 0.1) is 16.2 Å². The molecule has 6 aliphatic rings. The van der Waals surface area contributed by atoms with Crippen molar-refractivity contribution in [2.75, 3.05) is 55.7 Å². The van der Waals surface area contributed by atoms with E-state index in [-0.39, 0.29) is 134 Å². The normalized spacial score (nSPS) is 17.9. The predicted octanol–water partition coefficient (Wildman–Crippen LogP) is 17.5. The van der Waals surface area contributed by atoms with Crippen LogP contribution in [-0.2, 0) is 22.3 Å². The molecule has 4 atom stereocenters. The van der Waals surface area contributed by atoms with Crippen molar-refractivity contribution in [2.45, 2.75) is 208 Å². The Bertz CT molecular complexity index is 4840. The van der Waals surface area contributed by atoms with Crippen LogP contribution in [0.25, 0.3) is 33.8 Å². The number of pyridine rings is 4. The number of aliphatic hydroxyl groups is 1. The fourth-order valence-electron chi connectivity index (χ4n) is 14.8. The molecule has 3 spiro atoms. The molecular weight excluding hydrogens is 1880 g/mol. The lowest BCUT2D eigenvalue weighted by molar-refractivity contribution is 0.0518. The SMILES string of the molecule is C.C.CC(=O)c1nc(-c2ccnc(Cl)c2Cl)cnc1Cl.CC(=O)c1nc(-c2ccnc(Cl)c2Cl)cnc1N1CCC2(CCC[C@H]2N[S@](=O)C(C)(C)C)CC1.CC(C)(C)S.CCOC(=O)c1nc(Br)cnc1Cl.N[C@@H]1CCCC12CCN(c1ncc(-c3ccnc(Cl)c3Cl)nc1CO)CC2.N[C@@H]1CCCC12CCNCC2.O.OB(O)c1ccnc(Cl)c1Cl. The second-order valence-electron chi connectivity index (χ2n) is 31.4. The van der Waals surface area contributed by atoms with E-state index in [1.807, 2.05) is 20.8 Å². The van der Waals surface area contributed by atoms with E-state index in [0.29, 0.717) is 78.1 Å². The van der Waals surface area contributed by atoms with Gasteiger partial charge in [0, 0.05) is 110 Å². The zero-order valence-electron chi connectivity index (χ0n) is 67.8. The Morgan fingerprint density at radius 1 is 0.566 bits per heavy atom. The predicted molar refractivity (Wildman–Crippen MR) is 502 cm³/mol. The molecule has 0 amide bonds. The molecule has 6 fully saturated rings. The first-order valence-electron chi connectivity index (χ1n) is 38.6. The Balaban J connectivity index is 0.000000269. The molecule has 14 rings (SSSR count). The Morgan fingerprint density at radius 3 is 1.39 bits per heavy atom. The van der Waals surface area contributed by atoms with Gasteiger partial charge < -0.3 is 52.0 Å². The summed E-state index contributed by atoms with van der Waals surface area (Å²) < 4.78 is 21.3. The van der Waals surface area contributed by atoms with Crippen LogP contribution in [0.1, 0.15) is 211 Å². The summed E-state index contributed by atoms with van der Waals surface area (Å²) in [5, 5.41) is 32.4. The van der Waals surface area contributed by atoms with E-state index in [9.17, 15) is 23.7 Å². The number of Topliss-reactive ketones (excluding diaryl/α,β-unsaturated/α-hetero) is 2. The van der Waals surface area contributed by atoms with Crippen molar-refractivity contribution < 1.29 is 44.0 Å². The minimum atomic E-state index is -1.61. The molecule has 3 saturated heterocycles. The van der Waals surface area contributed by atoms with Crippen LogP contribution in [0.4, 0.5) is 11.6 Å². The number of carbonyl (C=O) groups excluding carboxylic acids is 3. The van der Waals surface area contributed by atoms with Crippen LogP contribution in [0.5, 0.6) is 0 Å². The van der Waals surface area contributed by atoms with Crippen LogP contribution < -0.4 is 36.8 Å². The van der Waals surface area contributed by atoms with Gasteiger partial charge in [0.1, 0.15) is 42.3 Å². The van der Waals surface area contributed by atoms with Gasteiger partial charge in [0.2, 0.25) is 0 Å². The van der Waals surface area contributed by atoms with Crippen molar-refractivity contribution in [3.05, 3.63) is 152 Å². The second-order valence-corrected chi connectivity index (χ2v) is 39.2. The molecule has 0 bridgehead atoms. The number of aromatic nitrogens is 12. The fourth-order valence-corrected chi connectivity index (χ4v) is 18.0. The van der Waals surface area contributed by atoms with Crippen molar-refractivity contribution in [3.8, 4) is 33.8 Å². The molecule has 3 aliphatic heterocycles. The fraction of sp³-hybridized carbons (Fsp3) is 0.519. The Kier molecular flexibility index (Phi) is 43.1. The van der Waals surface area contributed by atoms with Gasteiger partial charge in [-0.1, -0.05) is 171 Å². The molecule has 3 aliphatic carbocycles. The van der Waals surface area contributed by atoms with Gasteiger partial charge in [-0.3, -0.25) is 9.59 Å². The number of carbonyl (C=O) groups is 3. The maximum Gasteiger partial charge on any atom is 0.490 e. The van der Waals surface area contributed by atoms with Crippen molar-refractivity contribution in [1.82, 2.24) is 69.8 Å². The summed E-state index contributed by atoms with van der Waals surface area (Å²) in [6.45, 7) is 22.5. The van der Waals surface area contributed by atoms with Crippen LogP contribution in [0.2, 0.25) is 51.0 Å². The highest BCUT2D eigenvalue weighted by Crippen LogP contribution is 2.50. The molecular formula is C81H108BBrCl10N18O9S2. The van der Waals surface area contributed by atoms with E-state index in [0.717, 1.165) is 83.4 Å². The Hall–Kier alpha value is -5.05. The topological polar surface area (TPSA) is 407 Å². The number of nitrogens with one attached hydrogen (secondary N) is 2. The van der Waals surface area contributed by atoms with Crippen molar-refractivity contribution in [1.29, 1.82) is 0 Å². The highest BCUT2D eigenvalue weighted by Gasteiger charge is 2.48. The lowest BCUT2D eigenvalue weighted by Gasteiger charge is -2.44. The molecule has 3 saturated carbocycles. The standard InChI is InChI=1S/C24H31Cl2N5O2S.C19H23Cl2N5O.C11H6Cl3N3O.C9H18N2.C7H6BrClN2O2.C5H4BCl2NO2.C4H10S.2CH4.H2O/c1-15(32)20-22(28-14-17(29-20)16-7-11-27-21(26)19(16)25)31-12-9-24(10-13-31)8-5-6-18(24)30-34(33)23(2,3)4;20-16-12(3-7-23-17(16)21)13-10-24-18(14(11-27)25-13)26-8-5-19(6-9-26)4-1-2-15(19)22;1-5(18)9-11(14)16-4-7(17-9)6-2-3-15-10(13)8(6)12;10-8-2-1-3-9(8)4-6-11-7-5-9;1-2-13-7(12)5-6(9)10-3-4(8)11-5;7-4-3(6(10)11)1-2-9-5(4)8;1-4(2,3)5;;;/h7,11,14,18,30H,5-6,8-10,12-13H2,1-4H3;3,7,10,15,27H,1-2,4-6,8-9,11,22H2;2-4H,1H3;8,11H,1-7,10H2;3H,2H2,1H3;1-2,10-11H;5H,1-3H3;2*1H4;1H2/t18-,34-;15-;;8-;;;;;;/m11.1....../s1. The molecule has 0 unspecified atom stereocenters. The summed E-state index contributed by atoms with van der Waals surface area (Å²) in [7, 11) is -2.70. The van der Waals surface area contributed by atoms with Crippen LogP contribution >= 0.6 is 145 Å². The third-order valence-corrected chi connectivity index (χ3v) is 26.8. The molecule has 8 aromatic heterocycles. The second kappa shape index (κ2) is 48.9. The molecule has 0 radical (unpaired) electrons. The number of hydrogen-bond acceptors (Lipinski definition) is 26. The van der Waals surface area contributed by atoms with Gasteiger partial charge in [0.25, 0.3) is 0 Å². The average molecular weight is 1990 g/mol. The van der Waals surface area contributed by atoms with Crippen molar-refractivity contribution in [3.63, 3.8) is 0 Å². The number of ketones is 2. The van der Waals surface area contributed by atoms with Crippen molar-refractivity contribution in [2.24, 2.45) is 27.7 Å². The first kappa shape index (κ1) is 107. The van der Waals surface area contributed by atoms with Gasteiger partial charge in [-0.05, 0) is 174 Å². The molecule has 0 aromatic carbocycles. The number of anilines is 2. The molecule has 11 heterocycles. The number of nitrogens with zero attached hydrogens (tertiary/aromatic N) is 14. The quantitative estimate of drug-likeness (QED) is 0.0175. The highest BCUT2D eigenvalue weighted by atomic mass is 79.9. The number of rotatable bonds is 13. The monoisotopic (exact) mass is 1980 g/mol. The molecule has 8 aromatic rings. The van der Waals surface area contributed by atoms with E-state index in [2.05, 4.69) is 129 Å². The van der Waals surface area contributed by atoms with Gasteiger partial charge in [-0.2, -0.15) is 12.6 Å². The number of thiol groups is 1. The van der Waals surface area contributed by atoms with Crippen LogP contribution in [0.15, 0.2) is 78.4 Å². The number of esters is 1. The van der Waals surface area contributed by atoms with Gasteiger partial charge in [0.05, 0.1) is 90.9 Å². The maximum atomic E-state index is 12.8. The summed E-state index contributed by atoms with van der Waals surface area (Å²) in [6, 6.07) is 7.53. The number of piperidine rings is 3. The van der Waals surface area contributed by atoms with E-state index >= 15 is 0 Å². The van der Waals surface area contributed by atoms with Gasteiger partial charge >= 0.3 is 13.1 Å². The van der Waals surface area contributed by atoms with Crippen LogP contribution in [0.3, 0.4) is 0 Å². The smallest absolute Gasteiger partial charge is 0.461 e. The van der Waals surface area contributed by atoms with Gasteiger partial charge in [-0.25, -0.2) is 73.5 Å². The Morgan fingerprint density at radius 2 is 0.959 bits per heavy atom. The molecule has 41 heteroatoms. The zero-order chi connectivity index (χ0) is 87.5. The number of halogens is 11. The Labute approximate surface area is 781 Å². The average Bonchev–Trinajstić information content (AvgIpc) is 1.64. The summed E-state index contributed by atoms with van der Waals surface area (Å²) >= 11 is 66.1. The summed E-state index contributed by atoms with van der Waals surface area (Å²) in [5.74, 6) is 0.343. The number of aliphatic hydroxyl groups excluding tert-OH is 1. The molecule has 122 heavy (non-hydrogen) atoms. The lowest BCUT2D eigenvalue weighted by Crippen LogP contribution is -2.51. The zero-order valence-corrected chi connectivity index (χ0v) is 78.7. The number of hydrogen-bond donors (Lipinski definition) is 8. The summed E-state index contributed by atoms with van der Waals surface area (Å²) in [5.41, 5.74) is 17.9. The minimum Gasteiger partial charge on any atom is -0.461 e. The summed E-state index contributed by atoms with van der Waals surface area (Å²) in [4.78, 5) is 88.9. The summed E-state index contributed by atoms with van der Waals surface area (Å²) in [6.07, 6.45) is 29.7. The first-order valence-corrected chi connectivity index (χ1v) is 44.8. The minimum absolute atomic E-state index is 0. The highest BCUT2D eigenvalue weighted by molar-refractivity contribution is 9.10. The van der Waals surface area contributed by atoms with E-state index < -0.39 is 24.1 Å². The third kappa shape index (κ3) is 29.0. The molecule has 11 N–H and O–H groups in total. The van der Waals surface area contributed by atoms with Crippen LogP contribution in [-0.4, -0.2) is 183 Å². The number of ether oxygens (including phenoxy) is 1. The van der Waals surface area contributed by atoms with Gasteiger partial charge in [-0.15, -0.1) is 0 Å². The van der Waals surface area contributed by atoms with Crippen molar-refractivity contribution >= 4 is 197 Å². The molecule has 668 valence electrons. The lowest BCUT2D eigenvalue weighted by atomic mass is 9.74.